The maximum atomic E-state index is 13.1. The molecule has 4 nitrogen and oxygen atoms in total. The van der Waals surface area contributed by atoms with E-state index in [9.17, 15) is 10.1 Å². The van der Waals surface area contributed by atoms with E-state index in [1.165, 1.54) is 0 Å². The van der Waals surface area contributed by atoms with Crippen LogP contribution in [0.1, 0.15) is 16.7 Å². The topological polar surface area (TPSA) is 62.1 Å². The molecule has 0 saturated carbocycles. The zero-order valence-corrected chi connectivity index (χ0v) is 20.9. The predicted octanol–water partition coefficient (Wildman–Crippen LogP) is 8.08. The lowest BCUT2D eigenvalue weighted by molar-refractivity contribution is -0.112. The van der Waals surface area contributed by atoms with Crippen LogP contribution in [0.4, 0.5) is 5.69 Å². The SMILES string of the molecule is Cc1cccc(Cl)c1NC(=O)/C(C#N)=C/c1c(OCc2cccc3ccccc23)ccc2ccccc12. The molecule has 0 radical (unpaired) electrons. The Hall–Kier alpha value is -4.59. The Balaban J connectivity index is 1.53. The number of carbonyl (C=O) groups excluding carboxylic acids is 1. The minimum atomic E-state index is -0.536. The third-order valence-corrected chi connectivity index (χ3v) is 6.62. The zero-order chi connectivity index (χ0) is 25.8. The molecule has 1 amide bonds. The number of nitrogens with one attached hydrogen (secondary N) is 1. The number of amides is 1. The number of anilines is 1. The summed E-state index contributed by atoms with van der Waals surface area (Å²) in [5.41, 5.74) is 2.96. The third kappa shape index (κ3) is 5.04. The van der Waals surface area contributed by atoms with Gasteiger partial charge in [-0.25, -0.2) is 0 Å². The molecule has 0 heterocycles. The van der Waals surface area contributed by atoms with Crippen molar-refractivity contribution >= 4 is 50.8 Å². The maximum absolute atomic E-state index is 13.1. The van der Waals surface area contributed by atoms with Crippen LogP contribution in [0.25, 0.3) is 27.6 Å². The van der Waals surface area contributed by atoms with Crippen molar-refractivity contribution in [1.29, 1.82) is 5.26 Å². The molecule has 180 valence electrons. The summed E-state index contributed by atoms with van der Waals surface area (Å²) in [5.74, 6) is 0.0488. The number of nitriles is 1. The molecule has 0 unspecified atom stereocenters. The Labute approximate surface area is 220 Å². The van der Waals surface area contributed by atoms with Gasteiger partial charge in [0.1, 0.15) is 24.0 Å². The molecule has 37 heavy (non-hydrogen) atoms. The highest BCUT2D eigenvalue weighted by atomic mass is 35.5. The number of rotatable bonds is 6. The largest absolute Gasteiger partial charge is 0.488 e. The fourth-order valence-electron chi connectivity index (χ4n) is 4.39. The number of aryl methyl sites for hydroxylation is 1. The van der Waals surface area contributed by atoms with Gasteiger partial charge in [0.05, 0.1) is 10.7 Å². The first-order valence-electron chi connectivity index (χ1n) is 11.8. The molecule has 0 bridgehead atoms. The van der Waals surface area contributed by atoms with Crippen molar-refractivity contribution < 1.29 is 9.53 Å². The van der Waals surface area contributed by atoms with Crippen LogP contribution in [0, 0.1) is 18.3 Å². The van der Waals surface area contributed by atoms with E-state index in [1.807, 2.05) is 85.8 Å². The van der Waals surface area contributed by atoms with Gasteiger partial charge in [0.25, 0.3) is 5.91 Å². The average molecular weight is 503 g/mol. The van der Waals surface area contributed by atoms with Gasteiger partial charge in [-0.2, -0.15) is 5.26 Å². The first kappa shape index (κ1) is 24.1. The molecular weight excluding hydrogens is 480 g/mol. The maximum Gasteiger partial charge on any atom is 0.266 e. The second-order valence-electron chi connectivity index (χ2n) is 8.68. The highest BCUT2D eigenvalue weighted by molar-refractivity contribution is 6.34. The number of fused-ring (bicyclic) bond motifs is 2. The fourth-order valence-corrected chi connectivity index (χ4v) is 4.66. The Kier molecular flexibility index (Phi) is 6.89. The minimum Gasteiger partial charge on any atom is -0.488 e. The van der Waals surface area contributed by atoms with E-state index in [0.717, 1.165) is 32.7 Å². The van der Waals surface area contributed by atoms with Gasteiger partial charge >= 0.3 is 0 Å². The molecular formula is C32H23ClN2O2. The van der Waals surface area contributed by atoms with Gasteiger partial charge in [-0.05, 0) is 57.8 Å². The molecule has 0 aliphatic rings. The number of para-hydroxylation sites is 1. The molecule has 0 atom stereocenters. The smallest absolute Gasteiger partial charge is 0.266 e. The molecule has 0 aliphatic heterocycles. The average Bonchev–Trinajstić information content (AvgIpc) is 2.92. The van der Waals surface area contributed by atoms with E-state index in [4.69, 9.17) is 16.3 Å². The number of hydrogen-bond acceptors (Lipinski definition) is 3. The van der Waals surface area contributed by atoms with Crippen molar-refractivity contribution in [3.8, 4) is 11.8 Å². The summed E-state index contributed by atoms with van der Waals surface area (Å²) >= 11 is 6.29. The number of benzene rings is 5. The van der Waals surface area contributed by atoms with Crippen LogP contribution >= 0.6 is 11.6 Å². The van der Waals surface area contributed by atoms with E-state index >= 15 is 0 Å². The lowest BCUT2D eigenvalue weighted by Crippen LogP contribution is -2.14. The van der Waals surface area contributed by atoms with Crippen LogP contribution in [0.5, 0.6) is 5.75 Å². The predicted molar refractivity (Wildman–Crippen MR) is 151 cm³/mol. The van der Waals surface area contributed by atoms with E-state index in [-0.39, 0.29) is 5.57 Å². The van der Waals surface area contributed by atoms with Gasteiger partial charge in [0.15, 0.2) is 0 Å². The lowest BCUT2D eigenvalue weighted by Gasteiger charge is -2.14. The van der Waals surface area contributed by atoms with E-state index in [0.29, 0.717) is 28.6 Å². The number of hydrogen-bond donors (Lipinski definition) is 1. The zero-order valence-electron chi connectivity index (χ0n) is 20.2. The van der Waals surface area contributed by atoms with E-state index < -0.39 is 5.91 Å². The monoisotopic (exact) mass is 502 g/mol. The molecule has 5 aromatic rings. The van der Waals surface area contributed by atoms with Gasteiger partial charge in [0, 0.05) is 5.56 Å². The van der Waals surface area contributed by atoms with Crippen LogP contribution in [0.2, 0.25) is 5.02 Å². The summed E-state index contributed by atoms with van der Waals surface area (Å²) in [7, 11) is 0. The molecule has 1 N–H and O–H groups in total. The van der Waals surface area contributed by atoms with Gasteiger partial charge in [-0.1, -0.05) is 96.5 Å². The molecule has 0 aromatic heterocycles. The van der Waals surface area contributed by atoms with Crippen molar-refractivity contribution in [2.75, 3.05) is 5.32 Å². The highest BCUT2D eigenvalue weighted by Gasteiger charge is 2.16. The van der Waals surface area contributed by atoms with Crippen molar-refractivity contribution in [3.63, 3.8) is 0 Å². The minimum absolute atomic E-state index is 0.0503. The summed E-state index contributed by atoms with van der Waals surface area (Å²) in [6.07, 6.45) is 1.59. The Morgan fingerprint density at radius 2 is 1.57 bits per heavy atom. The standard InChI is InChI=1S/C32H23ClN2O2/c1-21-8-6-15-29(33)31(21)35-32(36)25(19-34)18-28-27-14-5-3-10-23(27)16-17-30(28)37-20-24-12-7-11-22-9-2-4-13-26(22)24/h2-18H,20H2,1H3,(H,35,36)/b25-18+. The van der Waals surface area contributed by atoms with E-state index in [1.54, 1.807) is 12.1 Å². The molecule has 0 spiro atoms. The number of halogens is 1. The van der Waals surface area contributed by atoms with Crippen LogP contribution < -0.4 is 10.1 Å². The van der Waals surface area contributed by atoms with Gasteiger partial charge in [-0.3, -0.25) is 4.79 Å². The lowest BCUT2D eigenvalue weighted by atomic mass is 10.0. The molecule has 0 saturated heterocycles. The summed E-state index contributed by atoms with van der Waals surface area (Å²) in [6, 6.07) is 33.4. The molecule has 0 fully saturated rings. The summed E-state index contributed by atoms with van der Waals surface area (Å²) in [6.45, 7) is 2.19. The van der Waals surface area contributed by atoms with Gasteiger partial charge in [-0.15, -0.1) is 0 Å². The van der Waals surface area contributed by atoms with Crippen LogP contribution in [-0.4, -0.2) is 5.91 Å². The van der Waals surface area contributed by atoms with Crippen LogP contribution in [0.3, 0.4) is 0 Å². The number of carbonyl (C=O) groups is 1. The molecule has 5 aromatic carbocycles. The first-order chi connectivity index (χ1) is 18.0. The van der Waals surface area contributed by atoms with Crippen LogP contribution in [0.15, 0.2) is 103 Å². The summed E-state index contributed by atoms with van der Waals surface area (Å²) < 4.78 is 6.31. The highest BCUT2D eigenvalue weighted by Crippen LogP contribution is 2.32. The number of nitrogens with zero attached hydrogens (tertiary/aromatic N) is 1. The number of ether oxygens (including phenoxy) is 1. The van der Waals surface area contributed by atoms with Crippen LogP contribution in [-0.2, 0) is 11.4 Å². The van der Waals surface area contributed by atoms with Gasteiger partial charge in [0.2, 0.25) is 0 Å². The van der Waals surface area contributed by atoms with E-state index in [2.05, 4.69) is 23.5 Å². The van der Waals surface area contributed by atoms with Crippen molar-refractivity contribution in [3.05, 3.63) is 124 Å². The Morgan fingerprint density at radius 1 is 0.892 bits per heavy atom. The second kappa shape index (κ2) is 10.6. The quantitative estimate of drug-likeness (QED) is 0.188. The second-order valence-corrected chi connectivity index (χ2v) is 9.09. The van der Waals surface area contributed by atoms with Crippen molar-refractivity contribution in [2.45, 2.75) is 13.5 Å². The third-order valence-electron chi connectivity index (χ3n) is 6.31. The van der Waals surface area contributed by atoms with Gasteiger partial charge < -0.3 is 10.1 Å². The molecule has 5 rings (SSSR count). The molecule has 5 heteroatoms. The Morgan fingerprint density at radius 3 is 2.32 bits per heavy atom. The van der Waals surface area contributed by atoms with Crippen molar-refractivity contribution in [2.24, 2.45) is 0 Å². The first-order valence-corrected chi connectivity index (χ1v) is 12.2. The summed E-state index contributed by atoms with van der Waals surface area (Å²) in [5, 5.41) is 17.2. The molecule has 0 aliphatic carbocycles. The normalized spacial score (nSPS) is 11.3. The summed E-state index contributed by atoms with van der Waals surface area (Å²) in [4.78, 5) is 13.1. The Bertz CT molecular complexity index is 1690. The fraction of sp³-hybridized carbons (Fsp3) is 0.0625. The van der Waals surface area contributed by atoms with Crippen molar-refractivity contribution in [1.82, 2.24) is 0 Å².